The maximum Gasteiger partial charge on any atom is 0.488 e. The molecule has 2 aromatic rings. The zero-order valence-electron chi connectivity index (χ0n) is 9.45. The van der Waals surface area contributed by atoms with E-state index in [0.29, 0.717) is 17.9 Å². The number of aromatic nitrogens is 2. The maximum absolute atomic E-state index is 8.94. The van der Waals surface area contributed by atoms with Crippen molar-refractivity contribution in [3.63, 3.8) is 0 Å². The van der Waals surface area contributed by atoms with Crippen LogP contribution in [0.2, 0.25) is 0 Å². The first-order chi connectivity index (χ1) is 8.15. The lowest BCUT2D eigenvalue weighted by molar-refractivity contribution is 0.291. The van der Waals surface area contributed by atoms with Crippen molar-refractivity contribution in [3.05, 3.63) is 42.1 Å². The minimum atomic E-state index is -1.43. The molecule has 0 aliphatic carbocycles. The minimum Gasteiger partial charge on any atom is -0.472 e. The van der Waals surface area contributed by atoms with Crippen molar-refractivity contribution in [1.82, 2.24) is 9.78 Å². The van der Waals surface area contributed by atoms with Gasteiger partial charge in [-0.15, -0.1) is 5.10 Å². The summed E-state index contributed by atoms with van der Waals surface area (Å²) >= 11 is 0. The molecule has 0 bridgehead atoms. The first kappa shape index (κ1) is 11.7. The van der Waals surface area contributed by atoms with Crippen molar-refractivity contribution < 1.29 is 14.8 Å². The Morgan fingerprint density at radius 2 is 1.94 bits per heavy atom. The van der Waals surface area contributed by atoms with Crippen LogP contribution in [0.1, 0.15) is 5.56 Å². The molecule has 5 nitrogen and oxygen atoms in total. The van der Waals surface area contributed by atoms with E-state index in [2.05, 4.69) is 5.10 Å². The number of hydrogen-bond donors (Lipinski definition) is 2. The fraction of sp³-hybridized carbons (Fsp3) is 0.182. The fourth-order valence-electron chi connectivity index (χ4n) is 1.41. The summed E-state index contributed by atoms with van der Waals surface area (Å²) in [5.41, 5.74) is 1.41. The molecular formula is C11H13BN2O3. The highest BCUT2D eigenvalue weighted by atomic mass is 16.5. The molecule has 1 aromatic heterocycles. The van der Waals surface area contributed by atoms with Gasteiger partial charge in [0.2, 0.25) is 5.88 Å². The van der Waals surface area contributed by atoms with E-state index in [0.717, 1.165) is 5.56 Å². The van der Waals surface area contributed by atoms with Crippen molar-refractivity contribution in [3.8, 4) is 5.88 Å². The average Bonchev–Trinajstić information content (AvgIpc) is 2.73. The van der Waals surface area contributed by atoms with Gasteiger partial charge in [-0.1, -0.05) is 24.3 Å². The van der Waals surface area contributed by atoms with Gasteiger partial charge in [-0.25, -0.2) is 0 Å². The molecule has 17 heavy (non-hydrogen) atoms. The molecule has 0 aliphatic heterocycles. The molecule has 2 N–H and O–H groups in total. The molecule has 0 unspecified atom stereocenters. The Hall–Kier alpha value is -1.79. The molecule has 0 fully saturated rings. The van der Waals surface area contributed by atoms with Gasteiger partial charge in [0.15, 0.2) is 0 Å². The molecule has 0 aliphatic rings. The van der Waals surface area contributed by atoms with Crippen LogP contribution >= 0.6 is 0 Å². The Balaban J connectivity index is 1.95. The van der Waals surface area contributed by atoms with E-state index in [4.69, 9.17) is 14.8 Å². The normalized spacial score (nSPS) is 10.3. The lowest BCUT2D eigenvalue weighted by Gasteiger charge is -2.04. The third-order valence-electron chi connectivity index (χ3n) is 2.35. The van der Waals surface area contributed by atoms with Gasteiger partial charge in [0.1, 0.15) is 6.61 Å². The minimum absolute atomic E-state index is 0.402. The Bertz CT molecular complexity index is 482. The summed E-state index contributed by atoms with van der Waals surface area (Å²) in [4.78, 5) is 0. The van der Waals surface area contributed by atoms with E-state index in [1.54, 1.807) is 41.2 Å². The molecule has 6 heteroatoms. The predicted octanol–water partition coefficient (Wildman–Crippen LogP) is -0.321. The lowest BCUT2D eigenvalue weighted by atomic mass is 9.80. The van der Waals surface area contributed by atoms with Gasteiger partial charge in [0.25, 0.3) is 0 Å². The second-order valence-corrected chi connectivity index (χ2v) is 3.73. The number of nitrogens with zero attached hydrogens (tertiary/aromatic N) is 2. The smallest absolute Gasteiger partial charge is 0.472 e. The maximum atomic E-state index is 8.94. The first-order valence-corrected chi connectivity index (χ1v) is 5.22. The standard InChI is InChI=1S/C11H13BN2O3/c1-14-7-6-11(13-14)17-8-9-2-4-10(5-3-9)12(15)16/h2-7,15-16H,8H2,1H3. The second kappa shape index (κ2) is 5.03. The quantitative estimate of drug-likeness (QED) is 0.709. The van der Waals surface area contributed by atoms with E-state index < -0.39 is 7.12 Å². The number of benzene rings is 1. The lowest BCUT2D eigenvalue weighted by Crippen LogP contribution is -2.29. The van der Waals surface area contributed by atoms with Crippen LogP contribution in [0, 0.1) is 0 Å². The first-order valence-electron chi connectivity index (χ1n) is 5.22. The van der Waals surface area contributed by atoms with E-state index in [-0.39, 0.29) is 0 Å². The van der Waals surface area contributed by atoms with Crippen molar-refractivity contribution >= 4 is 12.6 Å². The van der Waals surface area contributed by atoms with Crippen LogP contribution in [0.3, 0.4) is 0 Å². The largest absolute Gasteiger partial charge is 0.488 e. The van der Waals surface area contributed by atoms with Gasteiger partial charge < -0.3 is 14.8 Å². The van der Waals surface area contributed by atoms with E-state index >= 15 is 0 Å². The summed E-state index contributed by atoms with van der Waals surface area (Å²) in [5.74, 6) is 0.568. The molecule has 0 radical (unpaired) electrons. The van der Waals surface area contributed by atoms with Crippen LogP contribution in [0.4, 0.5) is 0 Å². The van der Waals surface area contributed by atoms with Crippen LogP contribution in [0.15, 0.2) is 36.5 Å². The predicted molar refractivity (Wildman–Crippen MR) is 63.8 cm³/mol. The number of rotatable bonds is 4. The third kappa shape index (κ3) is 3.09. The molecular weight excluding hydrogens is 219 g/mol. The molecule has 0 atom stereocenters. The van der Waals surface area contributed by atoms with E-state index in [9.17, 15) is 0 Å². The third-order valence-corrected chi connectivity index (χ3v) is 2.35. The highest BCUT2D eigenvalue weighted by Gasteiger charge is 2.09. The van der Waals surface area contributed by atoms with Crippen LogP contribution in [-0.4, -0.2) is 26.9 Å². The topological polar surface area (TPSA) is 67.5 Å². The van der Waals surface area contributed by atoms with Gasteiger partial charge in [-0.2, -0.15) is 0 Å². The molecule has 1 heterocycles. The van der Waals surface area contributed by atoms with E-state index in [1.165, 1.54) is 0 Å². The van der Waals surface area contributed by atoms with Crippen LogP contribution in [0.25, 0.3) is 0 Å². The van der Waals surface area contributed by atoms with Gasteiger partial charge >= 0.3 is 7.12 Å². The van der Waals surface area contributed by atoms with Gasteiger partial charge in [0.05, 0.1) is 0 Å². The number of hydrogen-bond acceptors (Lipinski definition) is 4. The molecule has 0 saturated carbocycles. The molecule has 2 rings (SSSR count). The van der Waals surface area contributed by atoms with Crippen molar-refractivity contribution in [2.75, 3.05) is 0 Å². The summed E-state index contributed by atoms with van der Waals surface area (Å²) in [6, 6.07) is 8.67. The Labute approximate surface area is 99.4 Å². The summed E-state index contributed by atoms with van der Waals surface area (Å²) in [7, 11) is 0.394. The zero-order valence-corrected chi connectivity index (χ0v) is 9.45. The molecule has 0 saturated heterocycles. The van der Waals surface area contributed by atoms with Crippen molar-refractivity contribution in [2.24, 2.45) is 7.05 Å². The Morgan fingerprint density at radius 3 is 2.47 bits per heavy atom. The molecule has 88 valence electrons. The summed E-state index contributed by atoms with van der Waals surface area (Å²) in [6.45, 7) is 0.402. The zero-order chi connectivity index (χ0) is 12.3. The fourth-order valence-corrected chi connectivity index (χ4v) is 1.41. The summed E-state index contributed by atoms with van der Waals surface area (Å²) in [5, 5.41) is 22.0. The summed E-state index contributed by atoms with van der Waals surface area (Å²) in [6.07, 6.45) is 1.81. The van der Waals surface area contributed by atoms with Gasteiger partial charge in [-0.3, -0.25) is 4.68 Å². The Morgan fingerprint density at radius 1 is 1.24 bits per heavy atom. The van der Waals surface area contributed by atoms with E-state index in [1.807, 2.05) is 7.05 Å². The molecule has 0 spiro atoms. The Kier molecular flexibility index (Phi) is 3.46. The molecule has 0 amide bonds. The van der Waals surface area contributed by atoms with Crippen molar-refractivity contribution in [2.45, 2.75) is 6.61 Å². The van der Waals surface area contributed by atoms with Crippen LogP contribution in [0.5, 0.6) is 5.88 Å². The van der Waals surface area contributed by atoms with Crippen LogP contribution < -0.4 is 10.2 Å². The highest BCUT2D eigenvalue weighted by Crippen LogP contribution is 2.08. The molecule has 1 aromatic carbocycles. The summed E-state index contributed by atoms with van der Waals surface area (Å²) < 4.78 is 7.12. The SMILES string of the molecule is Cn1ccc(OCc2ccc(B(O)O)cc2)n1. The van der Waals surface area contributed by atoms with Crippen molar-refractivity contribution in [1.29, 1.82) is 0 Å². The average molecular weight is 232 g/mol. The van der Waals surface area contributed by atoms with Gasteiger partial charge in [-0.05, 0) is 11.0 Å². The van der Waals surface area contributed by atoms with Crippen LogP contribution in [-0.2, 0) is 13.7 Å². The number of ether oxygens (including phenoxy) is 1. The monoisotopic (exact) mass is 232 g/mol. The highest BCUT2D eigenvalue weighted by molar-refractivity contribution is 6.58. The van der Waals surface area contributed by atoms with Gasteiger partial charge in [0, 0.05) is 19.3 Å². The second-order valence-electron chi connectivity index (χ2n) is 3.73. The number of aryl methyl sites for hydroxylation is 1.